The van der Waals surface area contributed by atoms with E-state index < -0.39 is 11.9 Å². The molecule has 6 nitrogen and oxygen atoms in total. The fraction of sp³-hybridized carbons (Fsp3) is 0.850. The average molecular weight is 373 g/mol. The number of aliphatic hydroxyl groups excluding tert-OH is 2. The van der Waals surface area contributed by atoms with Gasteiger partial charge in [-0.25, -0.2) is 4.79 Å². The standard InChI is InChI=1S/C20H36O6/c1-20(2)25-17(18(26-20)13-14-19(23)24-3)12-10-8-6-4-5-7-9-11-16(22)15-21/h13-14,16-18,21-22H,4-12,15H2,1-3H3/b14-13+/t16-,17-,18-/m0/s1. The monoisotopic (exact) mass is 372 g/mol. The van der Waals surface area contributed by atoms with Crippen LogP contribution in [0.4, 0.5) is 0 Å². The molecule has 6 heteroatoms. The number of esters is 1. The van der Waals surface area contributed by atoms with Crippen LogP contribution in [0.1, 0.15) is 71.6 Å². The number of carbonyl (C=O) groups excluding carboxylic acids is 1. The highest BCUT2D eigenvalue weighted by Gasteiger charge is 2.39. The Morgan fingerprint density at radius 2 is 1.73 bits per heavy atom. The van der Waals surface area contributed by atoms with Crippen molar-refractivity contribution >= 4 is 5.97 Å². The van der Waals surface area contributed by atoms with Gasteiger partial charge in [0, 0.05) is 6.08 Å². The summed E-state index contributed by atoms with van der Waals surface area (Å²) in [6.45, 7) is 3.64. The highest BCUT2D eigenvalue weighted by atomic mass is 16.7. The Labute approximate surface area is 157 Å². The molecule has 0 saturated carbocycles. The highest BCUT2D eigenvalue weighted by Crippen LogP contribution is 2.31. The van der Waals surface area contributed by atoms with Gasteiger partial charge in [-0.2, -0.15) is 0 Å². The Balaban J connectivity index is 2.16. The van der Waals surface area contributed by atoms with Gasteiger partial charge in [-0.3, -0.25) is 0 Å². The SMILES string of the molecule is COC(=O)/C=C/[C@@H]1OC(C)(C)O[C@H]1CCCCCCCCC[C@H](O)CO. The molecule has 1 fully saturated rings. The van der Waals surface area contributed by atoms with Gasteiger partial charge in [0.1, 0.15) is 6.10 Å². The Morgan fingerprint density at radius 3 is 2.35 bits per heavy atom. The smallest absolute Gasteiger partial charge is 0.330 e. The van der Waals surface area contributed by atoms with Crippen LogP contribution in [0.3, 0.4) is 0 Å². The molecule has 26 heavy (non-hydrogen) atoms. The van der Waals surface area contributed by atoms with Gasteiger partial charge in [0.2, 0.25) is 0 Å². The van der Waals surface area contributed by atoms with Crippen LogP contribution in [-0.2, 0) is 19.0 Å². The molecule has 1 aliphatic heterocycles. The van der Waals surface area contributed by atoms with E-state index in [1.165, 1.54) is 32.4 Å². The average Bonchev–Trinajstić information content (AvgIpc) is 2.91. The molecule has 0 aromatic rings. The van der Waals surface area contributed by atoms with E-state index in [9.17, 15) is 9.90 Å². The summed E-state index contributed by atoms with van der Waals surface area (Å²) in [5.41, 5.74) is 0. The summed E-state index contributed by atoms with van der Waals surface area (Å²) in [7, 11) is 1.36. The maximum absolute atomic E-state index is 11.3. The van der Waals surface area contributed by atoms with Crippen LogP contribution in [0.2, 0.25) is 0 Å². The lowest BCUT2D eigenvalue weighted by Crippen LogP contribution is -2.21. The number of carbonyl (C=O) groups is 1. The Hall–Kier alpha value is -0.950. The van der Waals surface area contributed by atoms with E-state index in [2.05, 4.69) is 4.74 Å². The first-order valence-electron chi connectivity index (χ1n) is 9.78. The summed E-state index contributed by atoms with van der Waals surface area (Å²) in [4.78, 5) is 11.3. The minimum atomic E-state index is -0.630. The summed E-state index contributed by atoms with van der Waals surface area (Å²) in [6.07, 6.45) is 11.7. The largest absolute Gasteiger partial charge is 0.466 e. The van der Waals surface area contributed by atoms with Gasteiger partial charge >= 0.3 is 5.97 Å². The second kappa shape index (κ2) is 12.4. The third kappa shape index (κ3) is 9.67. The van der Waals surface area contributed by atoms with Gasteiger partial charge in [0.15, 0.2) is 5.79 Å². The zero-order valence-electron chi connectivity index (χ0n) is 16.5. The van der Waals surface area contributed by atoms with Crippen LogP contribution < -0.4 is 0 Å². The second-order valence-electron chi connectivity index (χ2n) is 7.41. The Bertz CT molecular complexity index is 421. The van der Waals surface area contributed by atoms with E-state index in [0.29, 0.717) is 6.42 Å². The van der Waals surface area contributed by atoms with Gasteiger partial charge in [-0.05, 0) is 32.8 Å². The number of hydrogen-bond donors (Lipinski definition) is 2. The molecule has 0 amide bonds. The quantitative estimate of drug-likeness (QED) is 0.294. The van der Waals surface area contributed by atoms with Gasteiger partial charge < -0.3 is 24.4 Å². The minimum absolute atomic E-state index is 0.0362. The summed E-state index contributed by atoms with van der Waals surface area (Å²) < 4.78 is 16.4. The van der Waals surface area contributed by atoms with E-state index in [1.807, 2.05) is 13.8 Å². The van der Waals surface area contributed by atoms with E-state index in [1.54, 1.807) is 6.08 Å². The van der Waals surface area contributed by atoms with Crippen molar-refractivity contribution < 1.29 is 29.2 Å². The molecule has 1 saturated heterocycles. The van der Waals surface area contributed by atoms with Crippen molar-refractivity contribution in [3.8, 4) is 0 Å². The van der Waals surface area contributed by atoms with Crippen molar-refractivity contribution in [3.05, 3.63) is 12.2 Å². The third-order valence-corrected chi connectivity index (χ3v) is 4.58. The first kappa shape index (κ1) is 23.1. The lowest BCUT2D eigenvalue weighted by molar-refractivity contribution is -0.144. The Kier molecular flexibility index (Phi) is 11.0. The number of aliphatic hydroxyl groups is 2. The van der Waals surface area contributed by atoms with E-state index in [-0.39, 0.29) is 24.8 Å². The number of rotatable bonds is 13. The van der Waals surface area contributed by atoms with Gasteiger partial charge in [0.05, 0.1) is 25.9 Å². The van der Waals surface area contributed by atoms with Gasteiger partial charge in [-0.1, -0.05) is 44.9 Å². The molecule has 1 heterocycles. The van der Waals surface area contributed by atoms with Crippen molar-refractivity contribution in [2.45, 2.75) is 95.7 Å². The van der Waals surface area contributed by atoms with Crippen molar-refractivity contribution in [2.24, 2.45) is 0 Å². The molecule has 0 aromatic heterocycles. The van der Waals surface area contributed by atoms with Crippen LogP contribution in [-0.4, -0.2) is 54.0 Å². The van der Waals surface area contributed by atoms with Crippen molar-refractivity contribution in [3.63, 3.8) is 0 Å². The maximum atomic E-state index is 11.3. The number of ether oxygens (including phenoxy) is 3. The first-order chi connectivity index (χ1) is 12.4. The molecule has 0 aliphatic carbocycles. The molecule has 3 atom stereocenters. The van der Waals surface area contributed by atoms with Crippen LogP contribution >= 0.6 is 0 Å². The minimum Gasteiger partial charge on any atom is -0.466 e. The van der Waals surface area contributed by atoms with E-state index in [4.69, 9.17) is 14.6 Å². The normalized spacial score (nSPS) is 23.4. The molecule has 1 aliphatic rings. The number of unbranched alkanes of at least 4 members (excludes halogenated alkanes) is 6. The van der Waals surface area contributed by atoms with E-state index >= 15 is 0 Å². The molecule has 0 spiro atoms. The topological polar surface area (TPSA) is 85.2 Å². The molecular weight excluding hydrogens is 336 g/mol. The maximum Gasteiger partial charge on any atom is 0.330 e. The summed E-state index contributed by atoms with van der Waals surface area (Å²) in [6, 6.07) is 0. The fourth-order valence-corrected chi connectivity index (χ4v) is 3.19. The van der Waals surface area contributed by atoms with Gasteiger partial charge in [0.25, 0.3) is 0 Å². The Morgan fingerprint density at radius 1 is 1.12 bits per heavy atom. The zero-order valence-corrected chi connectivity index (χ0v) is 16.5. The van der Waals surface area contributed by atoms with E-state index in [0.717, 1.165) is 32.1 Å². The summed E-state index contributed by atoms with van der Waals surface area (Å²) >= 11 is 0. The second-order valence-corrected chi connectivity index (χ2v) is 7.41. The van der Waals surface area contributed by atoms with Crippen LogP contribution in [0.5, 0.6) is 0 Å². The summed E-state index contributed by atoms with van der Waals surface area (Å²) in [5, 5.41) is 18.0. The molecule has 0 radical (unpaired) electrons. The molecular formula is C20H36O6. The van der Waals surface area contributed by atoms with Crippen molar-refractivity contribution in [1.29, 1.82) is 0 Å². The lowest BCUT2D eigenvalue weighted by atomic mass is 10.0. The zero-order chi connectivity index (χ0) is 19.4. The van der Waals surface area contributed by atoms with Crippen LogP contribution in [0.25, 0.3) is 0 Å². The first-order valence-corrected chi connectivity index (χ1v) is 9.78. The molecule has 0 aromatic carbocycles. The number of hydrogen-bond acceptors (Lipinski definition) is 6. The lowest BCUT2D eigenvalue weighted by Gasteiger charge is -2.16. The molecule has 2 N–H and O–H groups in total. The fourth-order valence-electron chi connectivity index (χ4n) is 3.19. The van der Waals surface area contributed by atoms with Gasteiger partial charge in [-0.15, -0.1) is 0 Å². The molecule has 0 unspecified atom stereocenters. The predicted octanol–water partition coefficient (Wildman–Crippen LogP) is 3.10. The number of methoxy groups -OCH3 is 1. The molecule has 152 valence electrons. The predicted molar refractivity (Wildman–Crippen MR) is 99.6 cm³/mol. The van der Waals surface area contributed by atoms with Crippen LogP contribution in [0.15, 0.2) is 12.2 Å². The van der Waals surface area contributed by atoms with Crippen LogP contribution in [0, 0.1) is 0 Å². The molecule has 0 bridgehead atoms. The highest BCUT2D eigenvalue weighted by molar-refractivity contribution is 5.81. The summed E-state index contributed by atoms with van der Waals surface area (Å²) in [5.74, 6) is -1.02. The van der Waals surface area contributed by atoms with Crippen molar-refractivity contribution in [2.75, 3.05) is 13.7 Å². The molecule has 1 rings (SSSR count). The third-order valence-electron chi connectivity index (χ3n) is 4.58. The van der Waals surface area contributed by atoms with Crippen molar-refractivity contribution in [1.82, 2.24) is 0 Å².